The number of fused-ring (bicyclic) bond motifs is 1. The molecular formula is C7H5FN2O. The van der Waals surface area contributed by atoms with Gasteiger partial charge in [0.15, 0.2) is 0 Å². The highest BCUT2D eigenvalue weighted by atomic mass is 19.1. The third-order valence-electron chi connectivity index (χ3n) is 1.56. The fourth-order valence-corrected chi connectivity index (χ4v) is 1.03. The lowest BCUT2D eigenvalue weighted by Gasteiger charge is -2.00. The predicted octanol–water partition coefficient (Wildman–Crippen LogP) is 0.940. The molecule has 0 aliphatic heterocycles. The first kappa shape index (κ1) is 6.15. The van der Waals surface area contributed by atoms with Gasteiger partial charge in [0.2, 0.25) is 0 Å². The highest BCUT2D eigenvalue weighted by Gasteiger charge is 2.07. The summed E-state index contributed by atoms with van der Waals surface area (Å²) in [5, 5.41) is 11.2. The normalized spacial score (nSPS) is 10.6. The van der Waals surface area contributed by atoms with Crippen molar-refractivity contribution in [3.63, 3.8) is 0 Å². The van der Waals surface area contributed by atoms with Crippen molar-refractivity contribution in [2.24, 2.45) is 0 Å². The summed E-state index contributed by atoms with van der Waals surface area (Å²) < 4.78 is 13.4. The first-order valence-corrected chi connectivity index (χ1v) is 3.14. The van der Waals surface area contributed by atoms with E-state index in [-0.39, 0.29) is 11.5 Å². The van der Waals surface area contributed by atoms with Gasteiger partial charge < -0.3 is 5.21 Å². The number of nitrogens with zero attached hydrogens (tertiary/aromatic N) is 1. The highest BCUT2D eigenvalue weighted by molar-refractivity contribution is 5.72. The summed E-state index contributed by atoms with van der Waals surface area (Å²) in [5.41, 5.74) is 0.255. The molecule has 2 aromatic heterocycles. The van der Waals surface area contributed by atoms with Gasteiger partial charge in [0, 0.05) is 6.07 Å². The summed E-state index contributed by atoms with van der Waals surface area (Å²) in [6.07, 6.45) is 2.66. The SMILES string of the molecule is [O-][n+]1ccc(F)c2cc[nH]c21. The van der Waals surface area contributed by atoms with Gasteiger partial charge in [-0.25, -0.2) is 14.1 Å². The Morgan fingerprint density at radius 1 is 1.45 bits per heavy atom. The fraction of sp³-hybridized carbons (Fsp3) is 0. The van der Waals surface area contributed by atoms with E-state index in [0.717, 1.165) is 12.3 Å². The maximum Gasteiger partial charge on any atom is 0.292 e. The Hall–Kier alpha value is -1.58. The number of aromatic nitrogens is 2. The van der Waals surface area contributed by atoms with Crippen LogP contribution < -0.4 is 4.73 Å². The number of hydrogen-bond acceptors (Lipinski definition) is 1. The zero-order valence-electron chi connectivity index (χ0n) is 5.54. The molecule has 11 heavy (non-hydrogen) atoms. The van der Waals surface area contributed by atoms with E-state index in [9.17, 15) is 9.60 Å². The molecule has 0 saturated carbocycles. The summed E-state index contributed by atoms with van der Waals surface area (Å²) in [6.45, 7) is 0. The van der Waals surface area contributed by atoms with Crippen LogP contribution in [0.2, 0.25) is 0 Å². The molecule has 0 radical (unpaired) electrons. The summed E-state index contributed by atoms with van der Waals surface area (Å²) in [4.78, 5) is 2.64. The van der Waals surface area contributed by atoms with Crippen LogP contribution in [0.3, 0.4) is 0 Å². The van der Waals surface area contributed by atoms with Gasteiger partial charge in [0.25, 0.3) is 5.65 Å². The van der Waals surface area contributed by atoms with E-state index in [0.29, 0.717) is 10.1 Å². The van der Waals surface area contributed by atoms with Crippen LogP contribution in [0.5, 0.6) is 0 Å². The second-order valence-corrected chi connectivity index (χ2v) is 2.23. The largest absolute Gasteiger partial charge is 0.711 e. The van der Waals surface area contributed by atoms with Crippen LogP contribution in [0.15, 0.2) is 24.5 Å². The van der Waals surface area contributed by atoms with Gasteiger partial charge >= 0.3 is 0 Å². The molecule has 0 aliphatic rings. The lowest BCUT2D eigenvalue weighted by atomic mass is 10.3. The summed E-state index contributed by atoms with van der Waals surface area (Å²) >= 11 is 0. The monoisotopic (exact) mass is 152 g/mol. The quantitative estimate of drug-likeness (QED) is 0.443. The zero-order valence-corrected chi connectivity index (χ0v) is 5.54. The van der Waals surface area contributed by atoms with Crippen LogP contribution in [-0.4, -0.2) is 4.98 Å². The van der Waals surface area contributed by atoms with Gasteiger partial charge in [-0.1, -0.05) is 0 Å². The molecular weight excluding hydrogens is 147 g/mol. The Morgan fingerprint density at radius 2 is 2.27 bits per heavy atom. The topological polar surface area (TPSA) is 42.7 Å². The molecule has 0 aliphatic carbocycles. The van der Waals surface area contributed by atoms with Crippen molar-refractivity contribution >= 4 is 11.0 Å². The van der Waals surface area contributed by atoms with Gasteiger partial charge in [-0.15, -0.1) is 0 Å². The number of aromatic amines is 1. The van der Waals surface area contributed by atoms with E-state index in [2.05, 4.69) is 4.98 Å². The van der Waals surface area contributed by atoms with Crippen LogP contribution in [0, 0.1) is 11.0 Å². The minimum Gasteiger partial charge on any atom is -0.711 e. The predicted molar refractivity (Wildman–Crippen MR) is 37.2 cm³/mol. The van der Waals surface area contributed by atoms with E-state index >= 15 is 0 Å². The second-order valence-electron chi connectivity index (χ2n) is 2.23. The first-order valence-electron chi connectivity index (χ1n) is 3.14. The Labute approximate surface area is 61.7 Å². The summed E-state index contributed by atoms with van der Waals surface area (Å²) in [7, 11) is 0. The molecule has 0 saturated heterocycles. The van der Waals surface area contributed by atoms with Gasteiger partial charge in [-0.05, 0) is 6.07 Å². The lowest BCUT2D eigenvalue weighted by molar-refractivity contribution is -0.579. The molecule has 0 fully saturated rings. The Kier molecular flexibility index (Phi) is 1.09. The molecule has 1 N–H and O–H groups in total. The number of pyridine rings is 1. The molecule has 2 heterocycles. The van der Waals surface area contributed by atoms with Gasteiger partial charge in [0.05, 0.1) is 12.4 Å². The third kappa shape index (κ3) is 0.756. The molecule has 2 rings (SSSR count). The Bertz CT molecular complexity index is 360. The minimum atomic E-state index is -0.381. The van der Waals surface area contributed by atoms with Crippen molar-refractivity contribution in [1.29, 1.82) is 0 Å². The average molecular weight is 152 g/mol. The standard InChI is InChI=1S/C7H5FN2O/c8-6-2-4-10(11)7-5(6)1-3-9-7/h1-4,9H. The van der Waals surface area contributed by atoms with Crippen LogP contribution >= 0.6 is 0 Å². The van der Waals surface area contributed by atoms with Crippen LogP contribution in [-0.2, 0) is 0 Å². The van der Waals surface area contributed by atoms with Crippen molar-refractivity contribution in [2.75, 3.05) is 0 Å². The molecule has 0 amide bonds. The smallest absolute Gasteiger partial charge is 0.292 e. The van der Waals surface area contributed by atoms with Gasteiger partial charge in [-0.3, -0.25) is 0 Å². The number of nitrogens with one attached hydrogen (secondary N) is 1. The number of hydrogen-bond donors (Lipinski definition) is 1. The van der Waals surface area contributed by atoms with Crippen molar-refractivity contribution in [2.45, 2.75) is 0 Å². The maximum absolute atomic E-state index is 12.8. The fourth-order valence-electron chi connectivity index (χ4n) is 1.03. The molecule has 0 bridgehead atoms. The van der Waals surface area contributed by atoms with Crippen LogP contribution in [0.25, 0.3) is 11.0 Å². The number of halogens is 1. The summed E-state index contributed by atoms with van der Waals surface area (Å²) in [5.74, 6) is -0.381. The van der Waals surface area contributed by atoms with E-state index in [4.69, 9.17) is 0 Å². The molecule has 4 heteroatoms. The molecule has 0 spiro atoms. The van der Waals surface area contributed by atoms with E-state index < -0.39 is 0 Å². The zero-order chi connectivity index (χ0) is 7.84. The molecule has 3 nitrogen and oxygen atoms in total. The van der Waals surface area contributed by atoms with Crippen LogP contribution in [0.1, 0.15) is 0 Å². The first-order chi connectivity index (χ1) is 5.29. The van der Waals surface area contributed by atoms with Crippen molar-refractivity contribution < 1.29 is 9.12 Å². The van der Waals surface area contributed by atoms with Gasteiger partial charge in [-0.2, -0.15) is 0 Å². The van der Waals surface area contributed by atoms with Crippen molar-refractivity contribution in [3.8, 4) is 0 Å². The van der Waals surface area contributed by atoms with Crippen molar-refractivity contribution in [3.05, 3.63) is 35.6 Å². The third-order valence-corrected chi connectivity index (χ3v) is 1.56. The van der Waals surface area contributed by atoms with E-state index in [1.165, 1.54) is 12.3 Å². The maximum atomic E-state index is 12.8. The lowest BCUT2D eigenvalue weighted by Crippen LogP contribution is -2.26. The minimum absolute atomic E-state index is 0.255. The van der Waals surface area contributed by atoms with Gasteiger partial charge in [0.1, 0.15) is 11.2 Å². The van der Waals surface area contributed by atoms with E-state index in [1.807, 2.05) is 0 Å². The van der Waals surface area contributed by atoms with Crippen molar-refractivity contribution in [1.82, 2.24) is 4.98 Å². The van der Waals surface area contributed by atoms with Crippen LogP contribution in [0.4, 0.5) is 4.39 Å². The molecule has 0 atom stereocenters. The number of H-pyrrole nitrogens is 1. The Morgan fingerprint density at radius 3 is 3.00 bits per heavy atom. The molecule has 2 aromatic rings. The summed E-state index contributed by atoms with van der Waals surface area (Å²) in [6, 6.07) is 2.67. The molecule has 56 valence electrons. The van der Waals surface area contributed by atoms with E-state index in [1.54, 1.807) is 0 Å². The highest BCUT2D eigenvalue weighted by Crippen LogP contribution is 2.10. The molecule has 0 unspecified atom stereocenters. The molecule has 0 aromatic carbocycles. The number of rotatable bonds is 0. The average Bonchev–Trinajstić information content (AvgIpc) is 2.45. The second kappa shape index (κ2) is 1.95. The Balaban J connectivity index is 2.96.